The van der Waals surface area contributed by atoms with E-state index >= 15 is 0 Å². The zero-order chi connectivity index (χ0) is 17.8. The fourth-order valence-electron chi connectivity index (χ4n) is 3.32. The fourth-order valence-corrected chi connectivity index (χ4v) is 3.32. The molecule has 2 heterocycles. The van der Waals surface area contributed by atoms with Gasteiger partial charge in [0, 0.05) is 31.3 Å². The van der Waals surface area contributed by atoms with Crippen molar-refractivity contribution in [3.05, 3.63) is 11.7 Å². The van der Waals surface area contributed by atoms with Gasteiger partial charge in [0.05, 0.1) is 6.04 Å². The van der Waals surface area contributed by atoms with Gasteiger partial charge in [-0.05, 0) is 52.4 Å². The summed E-state index contributed by atoms with van der Waals surface area (Å²) in [5, 5.41) is 6.98. The van der Waals surface area contributed by atoms with E-state index in [1.807, 2.05) is 18.7 Å². The number of aromatic nitrogens is 2. The summed E-state index contributed by atoms with van der Waals surface area (Å²) >= 11 is 0. The molecule has 1 N–H and O–H groups in total. The molecule has 1 aliphatic carbocycles. The molecule has 7 nitrogen and oxygen atoms in total. The maximum Gasteiger partial charge on any atom is 0.229 e. The minimum atomic E-state index is -0.0815. The summed E-state index contributed by atoms with van der Waals surface area (Å²) < 4.78 is 5.37. The van der Waals surface area contributed by atoms with Gasteiger partial charge in [-0.3, -0.25) is 9.59 Å². The molecule has 0 radical (unpaired) electrons. The Morgan fingerprint density at radius 3 is 2.76 bits per heavy atom. The Labute approximate surface area is 148 Å². The highest BCUT2D eigenvalue weighted by Gasteiger charge is 2.34. The molecule has 1 aliphatic heterocycles. The third kappa shape index (κ3) is 4.80. The minimum absolute atomic E-state index is 0.00485. The zero-order valence-corrected chi connectivity index (χ0v) is 15.2. The van der Waals surface area contributed by atoms with Gasteiger partial charge in [-0.2, -0.15) is 4.98 Å². The predicted octanol–water partition coefficient (Wildman–Crippen LogP) is 2.70. The summed E-state index contributed by atoms with van der Waals surface area (Å²) in [7, 11) is 0. The highest BCUT2D eigenvalue weighted by molar-refractivity contribution is 5.79. The average molecular weight is 348 g/mol. The Kier molecular flexibility index (Phi) is 5.71. The Morgan fingerprint density at radius 2 is 2.04 bits per heavy atom. The molecule has 0 spiro atoms. The summed E-state index contributed by atoms with van der Waals surface area (Å²) in [5.41, 5.74) is 0. The second-order valence-electron chi connectivity index (χ2n) is 7.44. The lowest BCUT2D eigenvalue weighted by Gasteiger charge is -2.33. The molecule has 1 saturated heterocycles. The maximum absolute atomic E-state index is 12.6. The topological polar surface area (TPSA) is 88.3 Å². The predicted molar refractivity (Wildman–Crippen MR) is 91.7 cm³/mol. The number of rotatable bonds is 7. The second kappa shape index (κ2) is 7.97. The van der Waals surface area contributed by atoms with Crippen LogP contribution in [0.3, 0.4) is 0 Å². The van der Waals surface area contributed by atoms with Crippen LogP contribution in [0.2, 0.25) is 0 Å². The van der Waals surface area contributed by atoms with Crippen molar-refractivity contribution in [2.75, 3.05) is 6.54 Å². The van der Waals surface area contributed by atoms with Gasteiger partial charge >= 0.3 is 0 Å². The number of hydrogen-bond acceptors (Lipinski definition) is 5. The standard InChI is InChI=1S/C18H28N4O3/c1-12(2)19-15(23)7-5-8-16(24)22-11-4-3-6-14(22)17-20-18(25-21-17)13-9-10-13/h12-14H,3-11H2,1-2H3,(H,19,23). The van der Waals surface area contributed by atoms with Gasteiger partial charge in [-0.15, -0.1) is 0 Å². The smallest absolute Gasteiger partial charge is 0.229 e. The van der Waals surface area contributed by atoms with Gasteiger partial charge in [-0.1, -0.05) is 5.16 Å². The zero-order valence-electron chi connectivity index (χ0n) is 15.2. The number of nitrogens with one attached hydrogen (secondary N) is 1. The van der Waals surface area contributed by atoms with Gasteiger partial charge in [0.1, 0.15) is 0 Å². The van der Waals surface area contributed by atoms with Crippen LogP contribution >= 0.6 is 0 Å². The van der Waals surface area contributed by atoms with Gasteiger partial charge in [0.2, 0.25) is 17.7 Å². The van der Waals surface area contributed by atoms with E-state index in [9.17, 15) is 9.59 Å². The lowest BCUT2D eigenvalue weighted by Crippen LogP contribution is -2.39. The normalized spacial score (nSPS) is 20.8. The van der Waals surface area contributed by atoms with Crippen LogP contribution in [0.1, 0.15) is 88.9 Å². The van der Waals surface area contributed by atoms with Crippen LogP contribution < -0.4 is 5.32 Å². The molecular formula is C18H28N4O3. The number of piperidine rings is 1. The van der Waals surface area contributed by atoms with E-state index in [0.29, 0.717) is 31.0 Å². The van der Waals surface area contributed by atoms with Crippen molar-refractivity contribution in [2.45, 2.75) is 83.2 Å². The molecule has 0 bridgehead atoms. The first-order valence-electron chi connectivity index (χ1n) is 9.47. The summed E-state index contributed by atoms with van der Waals surface area (Å²) in [6, 6.07) is 0.0515. The van der Waals surface area contributed by atoms with E-state index < -0.39 is 0 Å². The average Bonchev–Trinajstić information content (AvgIpc) is 3.31. The molecule has 3 rings (SSSR count). The number of carbonyl (C=O) groups is 2. The van der Waals surface area contributed by atoms with E-state index in [1.54, 1.807) is 0 Å². The summed E-state index contributed by atoms with van der Waals surface area (Å²) in [6.45, 7) is 4.60. The van der Waals surface area contributed by atoms with Crippen LogP contribution in [0.5, 0.6) is 0 Å². The van der Waals surface area contributed by atoms with Gasteiger partial charge < -0.3 is 14.7 Å². The molecule has 0 aromatic carbocycles. The molecule has 1 atom stereocenters. The number of likely N-dealkylation sites (tertiary alicyclic amines) is 1. The third-order valence-corrected chi connectivity index (χ3v) is 4.75. The van der Waals surface area contributed by atoms with Crippen LogP contribution in [0.15, 0.2) is 4.52 Å². The second-order valence-corrected chi connectivity index (χ2v) is 7.44. The van der Waals surface area contributed by atoms with Crippen LogP contribution in [-0.4, -0.2) is 39.4 Å². The Morgan fingerprint density at radius 1 is 1.24 bits per heavy atom. The van der Waals surface area contributed by atoms with Crippen molar-refractivity contribution < 1.29 is 14.1 Å². The number of amides is 2. The third-order valence-electron chi connectivity index (χ3n) is 4.75. The van der Waals surface area contributed by atoms with Crippen LogP contribution in [0.4, 0.5) is 0 Å². The van der Waals surface area contributed by atoms with E-state index in [1.165, 1.54) is 0 Å². The van der Waals surface area contributed by atoms with E-state index in [2.05, 4.69) is 15.5 Å². The first-order valence-corrected chi connectivity index (χ1v) is 9.47. The lowest BCUT2D eigenvalue weighted by molar-refractivity contribution is -0.135. The van der Waals surface area contributed by atoms with Crippen molar-refractivity contribution in [1.82, 2.24) is 20.4 Å². The lowest BCUT2D eigenvalue weighted by atomic mass is 10.0. The largest absolute Gasteiger partial charge is 0.354 e. The quantitative estimate of drug-likeness (QED) is 0.818. The molecule has 2 fully saturated rings. The minimum Gasteiger partial charge on any atom is -0.354 e. The molecular weight excluding hydrogens is 320 g/mol. The van der Waals surface area contributed by atoms with Crippen LogP contribution in [-0.2, 0) is 9.59 Å². The molecule has 138 valence electrons. The molecule has 1 aromatic rings. The van der Waals surface area contributed by atoms with Crippen LogP contribution in [0, 0.1) is 0 Å². The Bertz CT molecular complexity index is 609. The van der Waals surface area contributed by atoms with Crippen molar-refractivity contribution in [3.63, 3.8) is 0 Å². The highest BCUT2D eigenvalue weighted by Crippen LogP contribution is 2.40. The number of carbonyl (C=O) groups excluding carboxylic acids is 2. The maximum atomic E-state index is 12.6. The van der Waals surface area contributed by atoms with Crippen molar-refractivity contribution >= 4 is 11.8 Å². The first kappa shape index (κ1) is 17.9. The van der Waals surface area contributed by atoms with Gasteiger partial charge in [0.15, 0.2) is 5.82 Å². The summed E-state index contributed by atoms with van der Waals surface area (Å²) in [5.74, 6) is 1.88. The number of hydrogen-bond donors (Lipinski definition) is 1. The molecule has 2 aliphatic rings. The first-order chi connectivity index (χ1) is 12.0. The monoisotopic (exact) mass is 348 g/mol. The SMILES string of the molecule is CC(C)NC(=O)CCCC(=O)N1CCCCC1c1noc(C2CC2)n1. The Hall–Kier alpha value is -1.92. The summed E-state index contributed by atoms with van der Waals surface area (Å²) in [6.07, 6.45) is 6.53. The molecule has 1 saturated carbocycles. The molecule has 25 heavy (non-hydrogen) atoms. The van der Waals surface area contributed by atoms with Crippen molar-refractivity contribution in [2.24, 2.45) is 0 Å². The number of nitrogens with zero attached hydrogens (tertiary/aromatic N) is 3. The van der Waals surface area contributed by atoms with E-state index in [0.717, 1.165) is 44.5 Å². The molecule has 1 unspecified atom stereocenters. The molecule has 2 amide bonds. The van der Waals surface area contributed by atoms with Gasteiger partial charge in [-0.25, -0.2) is 0 Å². The van der Waals surface area contributed by atoms with E-state index in [-0.39, 0.29) is 23.9 Å². The van der Waals surface area contributed by atoms with E-state index in [4.69, 9.17) is 4.52 Å². The van der Waals surface area contributed by atoms with Crippen molar-refractivity contribution in [3.8, 4) is 0 Å². The van der Waals surface area contributed by atoms with Crippen molar-refractivity contribution in [1.29, 1.82) is 0 Å². The highest BCUT2D eigenvalue weighted by atomic mass is 16.5. The summed E-state index contributed by atoms with van der Waals surface area (Å²) in [4.78, 5) is 30.8. The van der Waals surface area contributed by atoms with Crippen LogP contribution in [0.25, 0.3) is 0 Å². The molecule has 1 aromatic heterocycles. The molecule has 7 heteroatoms. The Balaban J connectivity index is 1.54. The fraction of sp³-hybridized carbons (Fsp3) is 0.778. The van der Waals surface area contributed by atoms with Gasteiger partial charge in [0.25, 0.3) is 0 Å².